The van der Waals surface area contributed by atoms with Crippen LogP contribution < -0.4 is 10.1 Å². The quantitative estimate of drug-likeness (QED) is 0.830. The van der Waals surface area contributed by atoms with E-state index in [0.717, 1.165) is 25.1 Å². The standard InChI is InChI=1S/C16H21NO2/c1-17-11-15(10-14-7-8-19-12-14)9-13-3-5-16(18-2)6-4-13/h3-8,12,15,17H,9-11H2,1-2H3. The van der Waals surface area contributed by atoms with Gasteiger partial charge in [-0.3, -0.25) is 0 Å². The van der Waals surface area contributed by atoms with E-state index in [0.29, 0.717) is 5.92 Å². The van der Waals surface area contributed by atoms with Crippen molar-refractivity contribution >= 4 is 0 Å². The summed E-state index contributed by atoms with van der Waals surface area (Å²) in [7, 11) is 3.69. The molecule has 0 spiro atoms. The molecule has 0 aliphatic carbocycles. The highest BCUT2D eigenvalue weighted by Crippen LogP contribution is 2.17. The summed E-state index contributed by atoms with van der Waals surface area (Å²) in [5.41, 5.74) is 2.60. The third kappa shape index (κ3) is 4.14. The fourth-order valence-corrected chi connectivity index (χ4v) is 2.34. The first-order chi connectivity index (χ1) is 9.31. The fraction of sp³-hybridized carbons (Fsp3) is 0.375. The molecule has 2 rings (SSSR count). The van der Waals surface area contributed by atoms with Gasteiger partial charge in [-0.2, -0.15) is 0 Å². The largest absolute Gasteiger partial charge is 0.497 e. The second-order valence-corrected chi connectivity index (χ2v) is 4.81. The van der Waals surface area contributed by atoms with Crippen molar-refractivity contribution in [2.45, 2.75) is 12.8 Å². The van der Waals surface area contributed by atoms with E-state index >= 15 is 0 Å². The maximum Gasteiger partial charge on any atom is 0.118 e. The number of hydrogen-bond acceptors (Lipinski definition) is 3. The summed E-state index contributed by atoms with van der Waals surface area (Å²) in [6.07, 6.45) is 5.65. The molecule has 2 aromatic rings. The van der Waals surface area contributed by atoms with Gasteiger partial charge in [0.05, 0.1) is 19.6 Å². The molecule has 19 heavy (non-hydrogen) atoms. The maximum atomic E-state index is 5.18. The predicted octanol–water partition coefficient (Wildman–Crippen LogP) is 2.91. The average molecular weight is 259 g/mol. The second-order valence-electron chi connectivity index (χ2n) is 4.81. The molecule has 1 unspecified atom stereocenters. The number of ether oxygens (including phenoxy) is 1. The van der Waals surface area contributed by atoms with Crippen LogP contribution in [0.5, 0.6) is 5.75 Å². The molecule has 0 saturated carbocycles. The van der Waals surface area contributed by atoms with Crippen LogP contribution in [0.15, 0.2) is 47.3 Å². The normalized spacial score (nSPS) is 12.3. The van der Waals surface area contributed by atoms with Crippen LogP contribution in [0.25, 0.3) is 0 Å². The Bertz CT molecular complexity index is 462. The maximum absolute atomic E-state index is 5.18. The summed E-state index contributed by atoms with van der Waals surface area (Å²) >= 11 is 0. The zero-order chi connectivity index (χ0) is 13.5. The minimum atomic E-state index is 0.566. The molecule has 0 aliphatic heterocycles. The molecule has 0 amide bonds. The molecule has 1 aromatic carbocycles. The SMILES string of the molecule is CNCC(Cc1ccc(OC)cc1)Cc1ccoc1. The Morgan fingerprint density at radius 2 is 1.84 bits per heavy atom. The number of benzene rings is 1. The molecular formula is C16H21NO2. The lowest BCUT2D eigenvalue weighted by molar-refractivity contribution is 0.414. The molecule has 0 radical (unpaired) electrons. The summed E-state index contributed by atoms with van der Waals surface area (Å²) in [5, 5.41) is 3.27. The Hall–Kier alpha value is -1.74. The van der Waals surface area contributed by atoms with Gasteiger partial charge in [0.1, 0.15) is 5.75 Å². The van der Waals surface area contributed by atoms with Crippen LogP contribution in [0, 0.1) is 5.92 Å². The summed E-state index contributed by atoms with van der Waals surface area (Å²) in [4.78, 5) is 0. The van der Waals surface area contributed by atoms with Gasteiger partial charge in [-0.25, -0.2) is 0 Å². The van der Waals surface area contributed by atoms with E-state index in [9.17, 15) is 0 Å². The smallest absolute Gasteiger partial charge is 0.118 e. The van der Waals surface area contributed by atoms with Gasteiger partial charge in [-0.15, -0.1) is 0 Å². The molecule has 0 bridgehead atoms. The first-order valence-electron chi connectivity index (χ1n) is 6.60. The summed E-state index contributed by atoms with van der Waals surface area (Å²) in [6.45, 7) is 0.997. The number of methoxy groups -OCH3 is 1. The lowest BCUT2D eigenvalue weighted by Gasteiger charge is -2.16. The van der Waals surface area contributed by atoms with Crippen LogP contribution >= 0.6 is 0 Å². The van der Waals surface area contributed by atoms with Gasteiger partial charge in [0, 0.05) is 0 Å². The van der Waals surface area contributed by atoms with Crippen molar-refractivity contribution in [3.05, 3.63) is 54.0 Å². The zero-order valence-corrected chi connectivity index (χ0v) is 11.6. The highest BCUT2D eigenvalue weighted by atomic mass is 16.5. The average Bonchev–Trinajstić information content (AvgIpc) is 2.93. The van der Waals surface area contributed by atoms with E-state index in [2.05, 4.69) is 17.4 Å². The molecule has 0 fully saturated rings. The number of nitrogens with one attached hydrogen (secondary N) is 1. The van der Waals surface area contributed by atoms with Crippen molar-refractivity contribution in [2.24, 2.45) is 5.92 Å². The van der Waals surface area contributed by atoms with Gasteiger partial charge < -0.3 is 14.5 Å². The first-order valence-corrected chi connectivity index (χ1v) is 6.60. The van der Waals surface area contributed by atoms with Gasteiger partial charge in [0.25, 0.3) is 0 Å². The van der Waals surface area contributed by atoms with Crippen LogP contribution in [-0.2, 0) is 12.8 Å². The van der Waals surface area contributed by atoms with Gasteiger partial charge in [-0.1, -0.05) is 12.1 Å². The molecule has 0 aliphatic rings. The van der Waals surface area contributed by atoms with Crippen LogP contribution in [0.1, 0.15) is 11.1 Å². The fourth-order valence-electron chi connectivity index (χ4n) is 2.34. The minimum Gasteiger partial charge on any atom is -0.497 e. The van der Waals surface area contributed by atoms with E-state index in [1.807, 2.05) is 31.5 Å². The molecule has 1 atom stereocenters. The lowest BCUT2D eigenvalue weighted by Crippen LogP contribution is -2.22. The van der Waals surface area contributed by atoms with Crippen LogP contribution in [0.2, 0.25) is 0 Å². The van der Waals surface area contributed by atoms with Crippen LogP contribution in [0.3, 0.4) is 0 Å². The van der Waals surface area contributed by atoms with Gasteiger partial charge >= 0.3 is 0 Å². The Balaban J connectivity index is 1.98. The van der Waals surface area contributed by atoms with E-state index < -0.39 is 0 Å². The topological polar surface area (TPSA) is 34.4 Å². The minimum absolute atomic E-state index is 0.566. The first kappa shape index (κ1) is 13.7. The monoisotopic (exact) mass is 259 g/mol. The van der Waals surface area contributed by atoms with Crippen LogP contribution in [-0.4, -0.2) is 20.7 Å². The number of furan rings is 1. The van der Waals surface area contributed by atoms with Crippen molar-refractivity contribution in [3.8, 4) is 5.75 Å². The Morgan fingerprint density at radius 3 is 2.42 bits per heavy atom. The van der Waals surface area contributed by atoms with E-state index in [1.165, 1.54) is 11.1 Å². The summed E-state index contributed by atoms with van der Waals surface area (Å²) in [5.74, 6) is 1.47. The van der Waals surface area contributed by atoms with Gasteiger partial charge in [-0.05, 0) is 61.7 Å². The third-order valence-corrected chi connectivity index (χ3v) is 3.28. The zero-order valence-electron chi connectivity index (χ0n) is 11.6. The molecule has 3 heteroatoms. The summed E-state index contributed by atoms with van der Waals surface area (Å²) < 4.78 is 10.3. The van der Waals surface area contributed by atoms with Crippen molar-refractivity contribution in [2.75, 3.05) is 20.7 Å². The third-order valence-electron chi connectivity index (χ3n) is 3.28. The molecule has 3 nitrogen and oxygen atoms in total. The van der Waals surface area contributed by atoms with Gasteiger partial charge in [0.2, 0.25) is 0 Å². The molecule has 0 saturated heterocycles. The Labute approximate surface area is 114 Å². The molecule has 1 heterocycles. The molecular weight excluding hydrogens is 238 g/mol. The Morgan fingerprint density at radius 1 is 1.11 bits per heavy atom. The number of rotatable bonds is 7. The van der Waals surface area contributed by atoms with Gasteiger partial charge in [0.15, 0.2) is 0 Å². The highest BCUT2D eigenvalue weighted by Gasteiger charge is 2.11. The van der Waals surface area contributed by atoms with E-state index in [4.69, 9.17) is 9.15 Å². The predicted molar refractivity (Wildman–Crippen MR) is 76.5 cm³/mol. The number of hydrogen-bond donors (Lipinski definition) is 1. The molecule has 1 aromatic heterocycles. The second kappa shape index (κ2) is 7.00. The Kier molecular flexibility index (Phi) is 5.04. The van der Waals surface area contributed by atoms with Crippen molar-refractivity contribution in [1.29, 1.82) is 0 Å². The van der Waals surface area contributed by atoms with Crippen molar-refractivity contribution < 1.29 is 9.15 Å². The summed E-state index contributed by atoms with van der Waals surface area (Å²) in [6, 6.07) is 10.3. The van der Waals surface area contributed by atoms with E-state index in [-0.39, 0.29) is 0 Å². The lowest BCUT2D eigenvalue weighted by atomic mass is 9.93. The highest BCUT2D eigenvalue weighted by molar-refractivity contribution is 5.27. The van der Waals surface area contributed by atoms with Crippen molar-refractivity contribution in [1.82, 2.24) is 5.32 Å². The molecule has 102 valence electrons. The molecule has 1 N–H and O–H groups in total. The van der Waals surface area contributed by atoms with Crippen LogP contribution in [0.4, 0.5) is 0 Å². The van der Waals surface area contributed by atoms with Crippen molar-refractivity contribution in [3.63, 3.8) is 0 Å². The van der Waals surface area contributed by atoms with E-state index in [1.54, 1.807) is 13.4 Å².